The van der Waals surface area contributed by atoms with Crippen LogP contribution >= 0.6 is 0 Å². The van der Waals surface area contributed by atoms with Crippen molar-refractivity contribution >= 4 is 17.3 Å². The lowest BCUT2D eigenvalue weighted by molar-refractivity contribution is -0.384. The van der Waals surface area contributed by atoms with Gasteiger partial charge < -0.3 is 19.7 Å². The third-order valence-electron chi connectivity index (χ3n) is 3.56. The number of benzene rings is 2. The van der Waals surface area contributed by atoms with Gasteiger partial charge in [-0.3, -0.25) is 14.9 Å². The molecule has 2 rings (SSSR count). The minimum atomic E-state index is -0.511. The van der Waals surface area contributed by atoms with E-state index in [-0.39, 0.29) is 11.6 Å². The van der Waals surface area contributed by atoms with E-state index < -0.39 is 4.92 Å². The van der Waals surface area contributed by atoms with Gasteiger partial charge in [0.2, 0.25) is 0 Å². The van der Waals surface area contributed by atoms with Crippen molar-refractivity contribution in [3.8, 4) is 11.5 Å². The van der Waals surface area contributed by atoms with Crippen LogP contribution in [0, 0.1) is 10.1 Å². The Morgan fingerprint density at radius 3 is 2.42 bits per heavy atom. The maximum Gasteiger partial charge on any atom is 0.269 e. The van der Waals surface area contributed by atoms with Crippen LogP contribution in [0.25, 0.3) is 0 Å². The van der Waals surface area contributed by atoms with E-state index in [9.17, 15) is 14.9 Å². The summed E-state index contributed by atoms with van der Waals surface area (Å²) in [7, 11) is 5.44. The SMILES string of the molecule is COc1ccc(NC(=O)c2ccc([N+](=O)[O-])cc2)cc1OCCN(C)C. The predicted molar refractivity (Wildman–Crippen MR) is 98.1 cm³/mol. The predicted octanol–water partition coefficient (Wildman–Crippen LogP) is 2.80. The summed E-state index contributed by atoms with van der Waals surface area (Å²) < 4.78 is 11.0. The summed E-state index contributed by atoms with van der Waals surface area (Å²) in [6.07, 6.45) is 0. The Labute approximate surface area is 151 Å². The van der Waals surface area contributed by atoms with E-state index >= 15 is 0 Å². The van der Waals surface area contributed by atoms with Crippen LogP contribution in [0.5, 0.6) is 11.5 Å². The molecule has 0 saturated heterocycles. The average Bonchev–Trinajstić information content (AvgIpc) is 2.61. The molecule has 0 radical (unpaired) electrons. The van der Waals surface area contributed by atoms with Crippen LogP contribution in [-0.2, 0) is 0 Å². The standard InChI is InChI=1S/C18H21N3O5/c1-20(2)10-11-26-17-12-14(6-9-16(17)25-3)19-18(22)13-4-7-15(8-5-13)21(23)24/h4-9,12H,10-11H2,1-3H3,(H,19,22). The molecule has 2 aromatic carbocycles. The third kappa shape index (κ3) is 5.18. The highest BCUT2D eigenvalue weighted by molar-refractivity contribution is 6.04. The van der Waals surface area contributed by atoms with Crippen molar-refractivity contribution in [3.63, 3.8) is 0 Å². The number of ether oxygens (including phenoxy) is 2. The van der Waals surface area contributed by atoms with Crippen molar-refractivity contribution in [2.45, 2.75) is 0 Å². The molecule has 8 nitrogen and oxygen atoms in total. The molecule has 0 aromatic heterocycles. The van der Waals surface area contributed by atoms with Gasteiger partial charge in [-0.2, -0.15) is 0 Å². The quantitative estimate of drug-likeness (QED) is 0.575. The van der Waals surface area contributed by atoms with Gasteiger partial charge in [0.05, 0.1) is 12.0 Å². The molecule has 2 aromatic rings. The first-order chi connectivity index (χ1) is 12.4. The van der Waals surface area contributed by atoms with E-state index in [0.717, 1.165) is 6.54 Å². The topological polar surface area (TPSA) is 93.9 Å². The molecule has 0 spiro atoms. The maximum absolute atomic E-state index is 12.3. The number of non-ortho nitro benzene ring substituents is 1. The van der Waals surface area contributed by atoms with Gasteiger partial charge in [0, 0.05) is 36.0 Å². The number of rotatable bonds is 8. The van der Waals surface area contributed by atoms with E-state index in [4.69, 9.17) is 9.47 Å². The summed E-state index contributed by atoms with van der Waals surface area (Å²) >= 11 is 0. The first kappa shape index (κ1) is 19.2. The van der Waals surface area contributed by atoms with Crippen molar-refractivity contribution in [1.29, 1.82) is 0 Å². The van der Waals surface area contributed by atoms with E-state index in [0.29, 0.717) is 29.4 Å². The van der Waals surface area contributed by atoms with Gasteiger partial charge in [0.15, 0.2) is 11.5 Å². The number of carbonyl (C=O) groups excluding carboxylic acids is 1. The molecule has 0 heterocycles. The van der Waals surface area contributed by atoms with E-state index in [1.54, 1.807) is 25.3 Å². The largest absolute Gasteiger partial charge is 0.493 e. The van der Waals surface area contributed by atoms with Gasteiger partial charge in [-0.25, -0.2) is 0 Å². The maximum atomic E-state index is 12.3. The second-order valence-corrected chi connectivity index (χ2v) is 5.78. The number of hydrogen-bond donors (Lipinski definition) is 1. The Morgan fingerprint density at radius 2 is 1.85 bits per heavy atom. The molecule has 0 atom stereocenters. The molecule has 0 aliphatic rings. The molecular formula is C18H21N3O5. The summed E-state index contributed by atoms with van der Waals surface area (Å²) in [4.78, 5) is 24.5. The van der Waals surface area contributed by atoms with Gasteiger partial charge in [0.25, 0.3) is 11.6 Å². The zero-order valence-electron chi connectivity index (χ0n) is 14.9. The zero-order valence-corrected chi connectivity index (χ0v) is 14.9. The monoisotopic (exact) mass is 359 g/mol. The van der Waals surface area contributed by atoms with E-state index in [2.05, 4.69) is 5.32 Å². The first-order valence-corrected chi connectivity index (χ1v) is 7.92. The second kappa shape index (κ2) is 8.82. The summed E-state index contributed by atoms with van der Waals surface area (Å²) in [6, 6.07) is 10.5. The molecule has 0 fully saturated rings. The van der Waals surface area contributed by atoms with Crippen LogP contribution in [0.15, 0.2) is 42.5 Å². The average molecular weight is 359 g/mol. The number of amides is 1. The molecule has 0 bridgehead atoms. The van der Waals surface area contributed by atoms with E-state index in [1.807, 2.05) is 19.0 Å². The van der Waals surface area contributed by atoms with Crippen LogP contribution in [0.4, 0.5) is 11.4 Å². The molecule has 1 N–H and O–H groups in total. The Morgan fingerprint density at radius 1 is 1.15 bits per heavy atom. The zero-order chi connectivity index (χ0) is 19.1. The van der Waals surface area contributed by atoms with Gasteiger partial charge >= 0.3 is 0 Å². The molecule has 8 heteroatoms. The van der Waals surface area contributed by atoms with Crippen LogP contribution in [-0.4, -0.2) is 50.1 Å². The molecular weight excluding hydrogens is 338 g/mol. The Bertz CT molecular complexity index is 775. The van der Waals surface area contributed by atoms with Crippen molar-refractivity contribution < 1.29 is 19.2 Å². The highest BCUT2D eigenvalue weighted by Gasteiger charge is 2.12. The molecule has 26 heavy (non-hydrogen) atoms. The molecule has 138 valence electrons. The minimum Gasteiger partial charge on any atom is -0.493 e. The summed E-state index contributed by atoms with van der Waals surface area (Å²) in [5.74, 6) is 0.720. The van der Waals surface area contributed by atoms with E-state index in [1.165, 1.54) is 24.3 Å². The molecule has 0 unspecified atom stereocenters. The van der Waals surface area contributed by atoms with Crippen molar-refractivity contribution in [1.82, 2.24) is 4.90 Å². The number of nitrogens with one attached hydrogen (secondary N) is 1. The number of likely N-dealkylation sites (N-methyl/N-ethyl adjacent to an activating group) is 1. The molecule has 0 saturated carbocycles. The fraction of sp³-hybridized carbons (Fsp3) is 0.278. The fourth-order valence-electron chi connectivity index (χ4n) is 2.14. The smallest absolute Gasteiger partial charge is 0.269 e. The minimum absolute atomic E-state index is 0.0671. The van der Waals surface area contributed by atoms with Crippen LogP contribution in [0.3, 0.4) is 0 Å². The number of anilines is 1. The normalized spacial score (nSPS) is 10.5. The van der Waals surface area contributed by atoms with Crippen LogP contribution in [0.2, 0.25) is 0 Å². The molecule has 0 aliphatic carbocycles. The highest BCUT2D eigenvalue weighted by atomic mass is 16.6. The van der Waals surface area contributed by atoms with Gasteiger partial charge in [-0.05, 0) is 38.4 Å². The number of nitrogens with zero attached hydrogens (tertiary/aromatic N) is 2. The summed E-state index contributed by atoms with van der Waals surface area (Å²) in [5, 5.41) is 13.4. The number of carbonyl (C=O) groups is 1. The van der Waals surface area contributed by atoms with Gasteiger partial charge in [-0.1, -0.05) is 0 Å². The highest BCUT2D eigenvalue weighted by Crippen LogP contribution is 2.30. The van der Waals surface area contributed by atoms with Crippen molar-refractivity contribution in [2.75, 3.05) is 39.7 Å². The van der Waals surface area contributed by atoms with Crippen LogP contribution < -0.4 is 14.8 Å². The lowest BCUT2D eigenvalue weighted by Crippen LogP contribution is -2.19. The molecule has 0 aliphatic heterocycles. The lowest BCUT2D eigenvalue weighted by atomic mass is 10.2. The lowest BCUT2D eigenvalue weighted by Gasteiger charge is -2.15. The number of methoxy groups -OCH3 is 1. The van der Waals surface area contributed by atoms with Gasteiger partial charge in [0.1, 0.15) is 6.61 Å². The molecule has 1 amide bonds. The third-order valence-corrected chi connectivity index (χ3v) is 3.56. The summed E-state index contributed by atoms with van der Waals surface area (Å²) in [5.41, 5.74) is 0.790. The number of nitro groups is 1. The van der Waals surface area contributed by atoms with Crippen LogP contribution in [0.1, 0.15) is 10.4 Å². The Hall–Kier alpha value is -3.13. The van der Waals surface area contributed by atoms with Crippen molar-refractivity contribution in [3.05, 3.63) is 58.1 Å². The Kier molecular flexibility index (Phi) is 6.51. The first-order valence-electron chi connectivity index (χ1n) is 7.92. The second-order valence-electron chi connectivity index (χ2n) is 5.78. The summed E-state index contributed by atoms with van der Waals surface area (Å²) in [6.45, 7) is 1.21. The number of hydrogen-bond acceptors (Lipinski definition) is 6. The fourth-order valence-corrected chi connectivity index (χ4v) is 2.14. The number of nitro benzene ring substituents is 1. The Balaban J connectivity index is 2.10. The van der Waals surface area contributed by atoms with Gasteiger partial charge in [-0.15, -0.1) is 0 Å². The van der Waals surface area contributed by atoms with Crippen molar-refractivity contribution in [2.24, 2.45) is 0 Å².